The van der Waals surface area contributed by atoms with Crippen molar-refractivity contribution in [1.29, 1.82) is 0 Å². The molecular weight excluding hydrogens is 188 g/mol. The second-order valence-corrected chi connectivity index (χ2v) is 5.23. The van der Waals surface area contributed by atoms with E-state index in [9.17, 15) is 0 Å². The fourth-order valence-electron chi connectivity index (χ4n) is 2.79. The fourth-order valence-corrected chi connectivity index (χ4v) is 2.79. The van der Waals surface area contributed by atoms with Gasteiger partial charge in [-0.25, -0.2) is 0 Å². The highest BCUT2D eigenvalue weighted by atomic mass is 16.5. The summed E-state index contributed by atoms with van der Waals surface area (Å²) in [5.74, 6) is 0. The molecule has 0 bridgehead atoms. The van der Waals surface area contributed by atoms with E-state index in [1.807, 2.05) is 0 Å². The lowest BCUT2D eigenvalue weighted by Crippen LogP contribution is -2.44. The molecule has 0 spiro atoms. The second-order valence-electron chi connectivity index (χ2n) is 5.23. The molecule has 0 amide bonds. The number of likely N-dealkylation sites (tertiary alicyclic amines) is 1. The summed E-state index contributed by atoms with van der Waals surface area (Å²) < 4.78 is 5.70. The second kappa shape index (κ2) is 4.81. The van der Waals surface area contributed by atoms with E-state index in [0.29, 0.717) is 18.2 Å². The van der Waals surface area contributed by atoms with Crippen LogP contribution in [0.15, 0.2) is 0 Å². The number of hydrogen-bond donors (Lipinski definition) is 1. The smallest absolute Gasteiger partial charge is 0.0726 e. The number of nitrogens with one attached hydrogen (secondary N) is 1. The van der Waals surface area contributed by atoms with Gasteiger partial charge < -0.3 is 15.0 Å². The molecule has 2 saturated heterocycles. The van der Waals surface area contributed by atoms with Crippen molar-refractivity contribution in [1.82, 2.24) is 10.2 Å². The third-order valence-electron chi connectivity index (χ3n) is 3.91. The predicted molar refractivity (Wildman–Crippen MR) is 62.1 cm³/mol. The quantitative estimate of drug-likeness (QED) is 0.761. The maximum absolute atomic E-state index is 5.70. The SMILES string of the molecule is CC(NC1CC(C)N(C)C1)C1CCCO1. The molecule has 0 aliphatic carbocycles. The van der Waals surface area contributed by atoms with Crippen molar-refractivity contribution in [3.8, 4) is 0 Å². The van der Waals surface area contributed by atoms with E-state index in [1.54, 1.807) is 0 Å². The number of ether oxygens (including phenoxy) is 1. The summed E-state index contributed by atoms with van der Waals surface area (Å²) in [7, 11) is 2.21. The van der Waals surface area contributed by atoms with Gasteiger partial charge in [-0.1, -0.05) is 0 Å². The first-order chi connectivity index (χ1) is 7.16. The van der Waals surface area contributed by atoms with E-state index in [1.165, 1.54) is 25.8 Å². The molecule has 0 aromatic rings. The molecule has 0 saturated carbocycles. The van der Waals surface area contributed by atoms with E-state index in [4.69, 9.17) is 4.74 Å². The lowest BCUT2D eigenvalue weighted by Gasteiger charge is -2.24. The molecule has 3 nitrogen and oxygen atoms in total. The van der Waals surface area contributed by atoms with E-state index < -0.39 is 0 Å². The first-order valence-corrected chi connectivity index (χ1v) is 6.24. The normalized spacial score (nSPS) is 39.8. The molecule has 2 heterocycles. The van der Waals surface area contributed by atoms with Gasteiger partial charge in [-0.2, -0.15) is 0 Å². The Labute approximate surface area is 93.2 Å². The van der Waals surface area contributed by atoms with Gasteiger partial charge in [0.05, 0.1) is 6.10 Å². The van der Waals surface area contributed by atoms with Gasteiger partial charge >= 0.3 is 0 Å². The van der Waals surface area contributed by atoms with Crippen LogP contribution in [0.2, 0.25) is 0 Å². The molecular formula is C12H24N2O. The molecule has 2 aliphatic rings. The average Bonchev–Trinajstić information content (AvgIpc) is 2.77. The van der Waals surface area contributed by atoms with Gasteiger partial charge in [-0.05, 0) is 40.2 Å². The first-order valence-electron chi connectivity index (χ1n) is 6.24. The summed E-state index contributed by atoms with van der Waals surface area (Å²) in [5.41, 5.74) is 0. The monoisotopic (exact) mass is 212 g/mol. The molecule has 0 aromatic carbocycles. The molecule has 15 heavy (non-hydrogen) atoms. The molecule has 2 aliphatic heterocycles. The van der Waals surface area contributed by atoms with E-state index in [-0.39, 0.29) is 0 Å². The molecule has 2 fully saturated rings. The topological polar surface area (TPSA) is 24.5 Å². The van der Waals surface area contributed by atoms with Crippen LogP contribution in [0.4, 0.5) is 0 Å². The Bertz CT molecular complexity index is 194. The van der Waals surface area contributed by atoms with Gasteiger partial charge in [0.1, 0.15) is 0 Å². The summed E-state index contributed by atoms with van der Waals surface area (Å²) in [6.45, 7) is 6.70. The van der Waals surface area contributed by atoms with E-state index in [2.05, 4.69) is 31.1 Å². The van der Waals surface area contributed by atoms with Gasteiger partial charge in [-0.15, -0.1) is 0 Å². The van der Waals surface area contributed by atoms with Gasteiger partial charge in [-0.3, -0.25) is 0 Å². The molecule has 0 aromatic heterocycles. The van der Waals surface area contributed by atoms with Crippen molar-refractivity contribution in [2.75, 3.05) is 20.2 Å². The van der Waals surface area contributed by atoms with Gasteiger partial charge in [0, 0.05) is 31.3 Å². The van der Waals surface area contributed by atoms with Crippen LogP contribution in [0, 0.1) is 0 Å². The molecule has 2 rings (SSSR count). The fraction of sp³-hybridized carbons (Fsp3) is 1.00. The van der Waals surface area contributed by atoms with Crippen molar-refractivity contribution in [2.24, 2.45) is 0 Å². The summed E-state index contributed by atoms with van der Waals surface area (Å²) in [6, 6.07) is 1.89. The molecule has 1 N–H and O–H groups in total. The summed E-state index contributed by atoms with van der Waals surface area (Å²) in [4.78, 5) is 2.43. The Morgan fingerprint density at radius 2 is 2.27 bits per heavy atom. The lowest BCUT2D eigenvalue weighted by atomic mass is 10.1. The zero-order chi connectivity index (χ0) is 10.8. The van der Waals surface area contributed by atoms with Crippen LogP contribution in [0.5, 0.6) is 0 Å². The Balaban J connectivity index is 1.76. The Morgan fingerprint density at radius 1 is 1.47 bits per heavy atom. The highest BCUT2D eigenvalue weighted by molar-refractivity contribution is 4.88. The summed E-state index contributed by atoms with van der Waals surface area (Å²) in [5, 5.41) is 3.71. The van der Waals surface area contributed by atoms with Crippen molar-refractivity contribution in [2.45, 2.75) is 57.3 Å². The zero-order valence-corrected chi connectivity index (χ0v) is 10.2. The van der Waals surface area contributed by atoms with Crippen LogP contribution in [0.25, 0.3) is 0 Å². The number of nitrogens with zero attached hydrogens (tertiary/aromatic N) is 1. The minimum atomic E-state index is 0.450. The number of rotatable bonds is 3. The van der Waals surface area contributed by atoms with Crippen LogP contribution in [-0.2, 0) is 4.74 Å². The van der Waals surface area contributed by atoms with Gasteiger partial charge in [0.25, 0.3) is 0 Å². The number of likely N-dealkylation sites (N-methyl/N-ethyl adjacent to an activating group) is 1. The minimum Gasteiger partial charge on any atom is -0.377 e. The highest BCUT2D eigenvalue weighted by Crippen LogP contribution is 2.19. The van der Waals surface area contributed by atoms with Crippen LogP contribution in [0.1, 0.15) is 33.1 Å². The molecule has 3 heteroatoms. The molecule has 4 atom stereocenters. The largest absolute Gasteiger partial charge is 0.377 e. The average molecular weight is 212 g/mol. The molecule has 88 valence electrons. The van der Waals surface area contributed by atoms with Crippen LogP contribution in [-0.4, -0.2) is 49.3 Å². The van der Waals surface area contributed by atoms with E-state index >= 15 is 0 Å². The molecule has 4 unspecified atom stereocenters. The third-order valence-corrected chi connectivity index (χ3v) is 3.91. The highest BCUT2D eigenvalue weighted by Gasteiger charge is 2.30. The minimum absolute atomic E-state index is 0.450. The lowest BCUT2D eigenvalue weighted by molar-refractivity contribution is 0.0800. The van der Waals surface area contributed by atoms with Crippen molar-refractivity contribution < 1.29 is 4.74 Å². The standard InChI is InChI=1S/C12H24N2O/c1-9-7-11(8-14(9)3)13-10(2)12-5-4-6-15-12/h9-13H,4-8H2,1-3H3. The van der Waals surface area contributed by atoms with Gasteiger partial charge in [0.2, 0.25) is 0 Å². The van der Waals surface area contributed by atoms with Crippen LogP contribution >= 0.6 is 0 Å². The Kier molecular flexibility index (Phi) is 3.65. The zero-order valence-electron chi connectivity index (χ0n) is 10.2. The maximum Gasteiger partial charge on any atom is 0.0726 e. The van der Waals surface area contributed by atoms with Crippen molar-refractivity contribution in [3.05, 3.63) is 0 Å². The predicted octanol–water partition coefficient (Wildman–Crippen LogP) is 1.24. The van der Waals surface area contributed by atoms with Crippen LogP contribution in [0.3, 0.4) is 0 Å². The maximum atomic E-state index is 5.70. The Hall–Kier alpha value is -0.120. The van der Waals surface area contributed by atoms with Crippen molar-refractivity contribution >= 4 is 0 Å². The van der Waals surface area contributed by atoms with Crippen LogP contribution < -0.4 is 5.32 Å². The molecule has 0 radical (unpaired) electrons. The number of hydrogen-bond acceptors (Lipinski definition) is 3. The summed E-state index contributed by atoms with van der Waals surface area (Å²) >= 11 is 0. The first kappa shape index (κ1) is 11.4. The van der Waals surface area contributed by atoms with Crippen molar-refractivity contribution in [3.63, 3.8) is 0 Å². The Morgan fingerprint density at radius 3 is 2.80 bits per heavy atom. The van der Waals surface area contributed by atoms with E-state index in [0.717, 1.165) is 12.6 Å². The summed E-state index contributed by atoms with van der Waals surface area (Å²) in [6.07, 6.45) is 4.18. The van der Waals surface area contributed by atoms with Gasteiger partial charge in [0.15, 0.2) is 0 Å². The third kappa shape index (κ3) is 2.71.